The smallest absolute Gasteiger partial charge is 0.422 e. The van der Waals surface area contributed by atoms with Crippen LogP contribution in [0.1, 0.15) is 32.0 Å². The molecule has 6 rings (SSSR count). The third kappa shape index (κ3) is 9.41. The standard InChI is InChI=1S/C36H31F6N5O4.BrH/c1-45-30-12-11-29(51-32-13-8-27(20-43-32)44-33(48)24-4-6-26(7-5-24)36(40,41)42)18-25(30)19-31(45)34(49)47-16-14-46(15-17-47)21-23-2-9-28(10-3-23)50-22-35(37,38)39;/h2-13,18-20H,14-17,21-22H2,1H3,(H,44,48);1H. The molecule has 0 bridgehead atoms. The molecule has 1 aliphatic rings. The summed E-state index contributed by atoms with van der Waals surface area (Å²) in [6, 6.07) is 20.6. The summed E-state index contributed by atoms with van der Waals surface area (Å²) in [5.41, 5.74) is 1.79. The summed E-state index contributed by atoms with van der Waals surface area (Å²) in [4.78, 5) is 34.2. The highest BCUT2D eigenvalue weighted by Gasteiger charge is 2.30. The molecule has 3 aromatic carbocycles. The molecule has 1 N–H and O–H groups in total. The Morgan fingerprint density at radius 1 is 0.827 bits per heavy atom. The van der Waals surface area contributed by atoms with E-state index in [2.05, 4.69) is 15.2 Å². The van der Waals surface area contributed by atoms with Crippen LogP contribution in [-0.4, -0.2) is 70.1 Å². The van der Waals surface area contributed by atoms with Crippen LogP contribution in [0.15, 0.2) is 91.1 Å². The molecule has 0 saturated carbocycles. The Kier molecular flexibility index (Phi) is 11.5. The van der Waals surface area contributed by atoms with Crippen molar-refractivity contribution in [2.45, 2.75) is 18.9 Å². The van der Waals surface area contributed by atoms with E-state index in [1.54, 1.807) is 41.3 Å². The Morgan fingerprint density at radius 2 is 1.50 bits per heavy atom. The number of hydrogen-bond acceptors (Lipinski definition) is 6. The van der Waals surface area contributed by atoms with E-state index in [1.807, 2.05) is 17.7 Å². The number of carbonyl (C=O) groups is 2. The van der Waals surface area contributed by atoms with Gasteiger partial charge in [-0.05, 0) is 72.3 Å². The van der Waals surface area contributed by atoms with Crippen molar-refractivity contribution in [3.8, 4) is 17.4 Å². The number of aromatic nitrogens is 2. The molecule has 0 spiro atoms. The first-order chi connectivity index (χ1) is 24.2. The van der Waals surface area contributed by atoms with E-state index in [4.69, 9.17) is 9.47 Å². The van der Waals surface area contributed by atoms with Crippen molar-refractivity contribution in [3.05, 3.63) is 114 Å². The van der Waals surface area contributed by atoms with Crippen molar-refractivity contribution in [3.63, 3.8) is 0 Å². The van der Waals surface area contributed by atoms with Crippen LogP contribution >= 0.6 is 17.0 Å². The van der Waals surface area contributed by atoms with Gasteiger partial charge >= 0.3 is 12.4 Å². The van der Waals surface area contributed by atoms with Gasteiger partial charge in [-0.25, -0.2) is 4.98 Å². The molecule has 0 atom stereocenters. The lowest BCUT2D eigenvalue weighted by molar-refractivity contribution is -0.153. The number of anilines is 1. The van der Waals surface area contributed by atoms with E-state index in [0.29, 0.717) is 49.9 Å². The van der Waals surface area contributed by atoms with Crippen LogP contribution in [0.2, 0.25) is 0 Å². The van der Waals surface area contributed by atoms with Crippen LogP contribution in [0.5, 0.6) is 17.4 Å². The summed E-state index contributed by atoms with van der Waals surface area (Å²) in [6.07, 6.45) is -7.53. The van der Waals surface area contributed by atoms with Crippen LogP contribution in [0.4, 0.5) is 32.0 Å². The Morgan fingerprint density at radius 3 is 2.12 bits per heavy atom. The van der Waals surface area contributed by atoms with Gasteiger partial charge in [-0.15, -0.1) is 17.0 Å². The molecule has 1 aliphatic heterocycles. The van der Waals surface area contributed by atoms with Gasteiger partial charge in [-0.2, -0.15) is 26.3 Å². The van der Waals surface area contributed by atoms with Crippen LogP contribution in [0, 0.1) is 0 Å². The number of carbonyl (C=O) groups excluding carboxylic acids is 2. The number of fused-ring (bicyclic) bond motifs is 1. The average molecular weight is 793 g/mol. The SMILES string of the molecule is Br.Cn1c(C(=O)N2CCN(Cc3ccc(OCC(F)(F)F)cc3)CC2)cc2cc(Oc3ccc(NC(=O)c4ccc(C(F)(F)F)cc4)cn3)ccc21. The molecule has 52 heavy (non-hydrogen) atoms. The zero-order valence-corrected chi connectivity index (χ0v) is 29.2. The molecule has 2 amide bonds. The minimum Gasteiger partial charge on any atom is -0.484 e. The zero-order chi connectivity index (χ0) is 36.3. The number of ether oxygens (including phenoxy) is 2. The predicted octanol–water partition coefficient (Wildman–Crippen LogP) is 8.11. The molecule has 1 fully saturated rings. The Bertz CT molecular complexity index is 2010. The maximum Gasteiger partial charge on any atom is 0.422 e. The predicted molar refractivity (Wildman–Crippen MR) is 186 cm³/mol. The summed E-state index contributed by atoms with van der Waals surface area (Å²) < 4.78 is 88.1. The third-order valence-corrected chi connectivity index (χ3v) is 8.32. The molecule has 1 saturated heterocycles. The number of alkyl halides is 6. The van der Waals surface area contributed by atoms with Crippen molar-refractivity contribution in [2.24, 2.45) is 7.05 Å². The van der Waals surface area contributed by atoms with Crippen molar-refractivity contribution in [2.75, 3.05) is 38.1 Å². The Balaban J connectivity index is 0.00000523. The number of aryl methyl sites for hydroxylation is 1. The molecule has 0 unspecified atom stereocenters. The van der Waals surface area contributed by atoms with E-state index < -0.39 is 30.4 Å². The monoisotopic (exact) mass is 791 g/mol. The number of amides is 2. The number of halogens is 7. The highest BCUT2D eigenvalue weighted by Crippen LogP contribution is 2.30. The summed E-state index contributed by atoms with van der Waals surface area (Å²) in [6.45, 7) is 1.52. The van der Waals surface area contributed by atoms with Gasteiger partial charge in [-0.1, -0.05) is 12.1 Å². The lowest BCUT2D eigenvalue weighted by atomic mass is 10.1. The Labute approximate surface area is 304 Å². The molecule has 274 valence electrons. The van der Waals surface area contributed by atoms with E-state index in [9.17, 15) is 35.9 Å². The minimum absolute atomic E-state index is 0. The second kappa shape index (κ2) is 15.7. The van der Waals surface area contributed by atoms with Gasteiger partial charge in [0.2, 0.25) is 5.88 Å². The Hall–Kier alpha value is -5.09. The maximum absolute atomic E-state index is 13.5. The molecule has 5 aromatic rings. The topological polar surface area (TPSA) is 88.9 Å². The number of benzene rings is 3. The van der Waals surface area contributed by atoms with E-state index >= 15 is 0 Å². The first kappa shape index (κ1) is 38.1. The highest BCUT2D eigenvalue weighted by molar-refractivity contribution is 8.93. The first-order valence-electron chi connectivity index (χ1n) is 15.7. The van der Waals surface area contributed by atoms with Crippen LogP contribution in [0.25, 0.3) is 10.9 Å². The fourth-order valence-electron chi connectivity index (χ4n) is 5.63. The number of nitrogens with one attached hydrogen (secondary N) is 1. The van der Waals surface area contributed by atoms with Crippen molar-refractivity contribution < 1.29 is 45.4 Å². The zero-order valence-electron chi connectivity index (χ0n) is 27.5. The quantitative estimate of drug-likeness (QED) is 0.152. The lowest BCUT2D eigenvalue weighted by Crippen LogP contribution is -2.48. The van der Waals surface area contributed by atoms with Gasteiger partial charge in [0.25, 0.3) is 11.8 Å². The van der Waals surface area contributed by atoms with E-state index in [1.165, 1.54) is 24.4 Å². The summed E-state index contributed by atoms with van der Waals surface area (Å²) in [5.74, 6) is 0.146. The van der Waals surface area contributed by atoms with Crippen molar-refractivity contribution in [1.29, 1.82) is 0 Å². The molecule has 0 aliphatic carbocycles. The average Bonchev–Trinajstić information content (AvgIpc) is 3.43. The highest BCUT2D eigenvalue weighted by atomic mass is 79.9. The second-order valence-electron chi connectivity index (χ2n) is 11.9. The molecule has 16 heteroatoms. The summed E-state index contributed by atoms with van der Waals surface area (Å²) in [7, 11) is 1.81. The number of nitrogens with zero attached hydrogens (tertiary/aromatic N) is 4. The fourth-order valence-corrected chi connectivity index (χ4v) is 5.63. The van der Waals surface area contributed by atoms with Crippen LogP contribution in [-0.2, 0) is 19.8 Å². The lowest BCUT2D eigenvalue weighted by Gasteiger charge is -2.34. The fraction of sp³-hybridized carbons (Fsp3) is 0.250. The third-order valence-electron chi connectivity index (χ3n) is 8.32. The van der Waals surface area contributed by atoms with Gasteiger partial charge in [0, 0.05) is 62.3 Å². The number of rotatable bonds is 9. The van der Waals surface area contributed by atoms with E-state index in [0.717, 1.165) is 40.7 Å². The molecule has 3 heterocycles. The molecule has 9 nitrogen and oxygen atoms in total. The van der Waals surface area contributed by atoms with Crippen molar-refractivity contribution in [1.82, 2.24) is 19.4 Å². The molecule has 0 radical (unpaired) electrons. The number of piperazine rings is 1. The summed E-state index contributed by atoms with van der Waals surface area (Å²) in [5, 5.41) is 3.37. The molecule has 2 aromatic heterocycles. The first-order valence-corrected chi connectivity index (χ1v) is 15.7. The van der Waals surface area contributed by atoms with Crippen LogP contribution < -0.4 is 14.8 Å². The number of pyridine rings is 1. The molecular weight excluding hydrogens is 760 g/mol. The number of hydrogen-bond donors (Lipinski definition) is 1. The van der Waals surface area contributed by atoms with Gasteiger partial charge in [0.15, 0.2) is 6.61 Å². The van der Waals surface area contributed by atoms with Gasteiger partial charge in [-0.3, -0.25) is 14.5 Å². The van der Waals surface area contributed by atoms with Gasteiger partial charge in [0.1, 0.15) is 17.2 Å². The molecular formula is C36H32BrF6N5O4. The normalized spacial score (nSPS) is 13.8. The van der Waals surface area contributed by atoms with Crippen LogP contribution in [0.3, 0.4) is 0 Å². The van der Waals surface area contributed by atoms with Gasteiger partial charge in [0.05, 0.1) is 17.4 Å². The van der Waals surface area contributed by atoms with Crippen molar-refractivity contribution >= 4 is 45.4 Å². The van der Waals surface area contributed by atoms with E-state index in [-0.39, 0.29) is 40.1 Å². The van der Waals surface area contributed by atoms with Gasteiger partial charge < -0.3 is 24.3 Å². The largest absolute Gasteiger partial charge is 0.484 e. The summed E-state index contributed by atoms with van der Waals surface area (Å²) >= 11 is 0. The maximum atomic E-state index is 13.5. The second-order valence-corrected chi connectivity index (χ2v) is 11.9. The minimum atomic E-state index is -4.50.